The molecule has 140 heavy (non-hydrogen) atoms. The largest absolute Gasteiger partial charge is 0.492 e. The minimum atomic E-state index is -1.26. The number of aliphatic carboxylic acids is 3. The Morgan fingerprint density at radius 1 is 0.386 bits per heavy atom. The maximum absolute atomic E-state index is 12.6. The van der Waals surface area contributed by atoms with Gasteiger partial charge in [0, 0.05) is 145 Å². The zero-order chi connectivity index (χ0) is 101. The molecule has 34 nitrogen and oxygen atoms in total. The predicted octanol–water partition coefficient (Wildman–Crippen LogP) is 18.9. The number of fused-ring (bicyclic) bond motifs is 3. The number of carboxylic acid groups (broad SMARTS) is 3. The van der Waals surface area contributed by atoms with Gasteiger partial charge in [0.2, 0.25) is 17.1 Å². The molecule has 0 saturated carbocycles. The number of carbonyl (C=O) groups is 6. The van der Waals surface area contributed by atoms with Crippen molar-refractivity contribution in [3.05, 3.63) is 292 Å². The first-order valence-corrected chi connectivity index (χ1v) is 43.7. The number of pyridine rings is 6. The SMILES string of the molecule is CCOc1cc2ncc(C#N)c(Nc3ccc(OCc4ccccn4)c(Cl)c3)c2cc1N.CCOc1cc2ncc(C#N)c(Nc3ccc(OCc4ccccn4)c(Cl)c3)c2cc1NC(=O)/C=C/CN(C)C.CCOc1cc2ncc(C#N)c(Nc3ccc(OCc4ccccn4)c(Cl)c3)c2cc1NC(=O)/C=C/CN(C)C.CN(C)C/C=C/C(=O)Cl.CN(C)C/C=C/C(=O)O.Cl.Cl.O=C(O)/C=C\C(=O)O. The quantitative estimate of drug-likeness (QED) is 0.00992. The molecule has 0 unspecified atom stereocenters. The van der Waals surface area contributed by atoms with Gasteiger partial charge in [-0.3, -0.25) is 44.3 Å². The van der Waals surface area contributed by atoms with Crippen molar-refractivity contribution in [1.82, 2.24) is 49.5 Å². The highest BCUT2D eigenvalue weighted by Crippen LogP contribution is 2.42. The smallest absolute Gasteiger partial charge is 0.328 e. The molecule has 6 aromatic heterocycles. The van der Waals surface area contributed by atoms with Gasteiger partial charge in [0.15, 0.2) is 0 Å². The number of amides is 2. The van der Waals surface area contributed by atoms with Gasteiger partial charge < -0.3 is 95.7 Å². The molecule has 0 aliphatic rings. The Morgan fingerprint density at radius 2 is 0.686 bits per heavy atom. The van der Waals surface area contributed by atoms with E-state index in [1.807, 2.05) is 157 Å². The highest BCUT2D eigenvalue weighted by atomic mass is 35.5. The van der Waals surface area contributed by atoms with Crippen LogP contribution in [0.4, 0.5) is 51.2 Å². The summed E-state index contributed by atoms with van der Waals surface area (Å²) < 4.78 is 34.5. The number of nitrogen functional groups attached to an aromatic ring is 1. The fraction of sp³-hybridized carbons (Fsp3) is 0.210. The molecule has 40 heteroatoms. The molecule has 0 bridgehead atoms. The van der Waals surface area contributed by atoms with Crippen molar-refractivity contribution in [3.8, 4) is 52.7 Å². The summed E-state index contributed by atoms with van der Waals surface area (Å²) in [6.07, 6.45) is 23.0. The van der Waals surface area contributed by atoms with Crippen molar-refractivity contribution >= 4 is 190 Å². The van der Waals surface area contributed by atoms with E-state index in [2.05, 4.69) is 74.7 Å². The van der Waals surface area contributed by atoms with Gasteiger partial charge in [0.25, 0.3) is 0 Å². The molecule has 0 fully saturated rings. The molecule has 2 amide bonds. The van der Waals surface area contributed by atoms with Gasteiger partial charge in [-0.1, -0.05) is 77.3 Å². The van der Waals surface area contributed by atoms with Gasteiger partial charge in [-0.25, -0.2) is 14.4 Å². The van der Waals surface area contributed by atoms with Crippen molar-refractivity contribution in [2.24, 2.45) is 0 Å². The van der Waals surface area contributed by atoms with Crippen LogP contribution in [-0.4, -0.2) is 202 Å². The molecule has 0 saturated heterocycles. The Morgan fingerprint density at radius 3 is 0.964 bits per heavy atom. The average molecular weight is 2030 g/mol. The fourth-order valence-electron chi connectivity index (χ4n) is 11.7. The van der Waals surface area contributed by atoms with E-state index < -0.39 is 23.2 Å². The third-order valence-electron chi connectivity index (χ3n) is 17.9. The molecule has 0 aliphatic heterocycles. The molecule has 6 aromatic carbocycles. The van der Waals surface area contributed by atoms with E-state index in [-0.39, 0.29) is 49.8 Å². The lowest BCUT2D eigenvalue weighted by Crippen LogP contribution is -2.13. The van der Waals surface area contributed by atoms with Crippen molar-refractivity contribution in [2.75, 3.05) is 135 Å². The summed E-state index contributed by atoms with van der Waals surface area (Å²) >= 11 is 24.5. The van der Waals surface area contributed by atoms with Crippen LogP contribution in [0.3, 0.4) is 0 Å². The molecule has 0 atom stereocenters. The molecule has 6 heterocycles. The Hall–Kier alpha value is -15.2. The van der Waals surface area contributed by atoms with Crippen LogP contribution in [0.5, 0.6) is 34.5 Å². The van der Waals surface area contributed by atoms with Gasteiger partial charge in [0.1, 0.15) is 72.5 Å². The third kappa shape index (κ3) is 39.8. The number of nitrogens with two attached hydrogens (primary N) is 1. The van der Waals surface area contributed by atoms with Crippen LogP contribution in [0.25, 0.3) is 32.7 Å². The number of rotatable bonds is 37. The minimum Gasteiger partial charge on any atom is -0.492 e. The predicted molar refractivity (Wildman–Crippen MR) is 553 cm³/mol. The number of ether oxygens (including phenoxy) is 6. The van der Waals surface area contributed by atoms with Crippen molar-refractivity contribution in [2.45, 2.75) is 40.6 Å². The number of carboxylic acids is 3. The molecule has 0 aliphatic carbocycles. The van der Waals surface area contributed by atoms with E-state index in [0.717, 1.165) is 29.7 Å². The zero-order valence-corrected chi connectivity index (χ0v) is 82.8. The van der Waals surface area contributed by atoms with Crippen molar-refractivity contribution < 1.29 is 72.5 Å². The van der Waals surface area contributed by atoms with E-state index in [4.69, 9.17) is 95.9 Å². The second-order valence-corrected chi connectivity index (χ2v) is 31.4. The lowest BCUT2D eigenvalue weighted by Gasteiger charge is -2.16. The first-order valence-electron chi connectivity index (χ1n) is 42.2. The van der Waals surface area contributed by atoms with Crippen LogP contribution in [-0.2, 0) is 48.6 Å². The standard InChI is InChI=1S/2C30H29ClN6O3.C24H20ClN5O2.C6H10ClNO.C6H11NO2.C4H4O4.2ClH/c2*1-4-39-28-16-25-23(15-26(28)36-29(38)9-7-13-37(2)3)30(20(17-32)18-34-25)35-21-10-11-27(24(31)14-21)40-19-22-8-5-6-12-33-22;1-2-31-23-11-21-18(10-20(23)27)24(15(12-26)13-29-21)30-16-6-7-22(19(25)9-16)32-14-17-5-3-4-8-28-17;1-8(2)5-3-4-6(7)9;1-7(2)5-3-4-6(8)9;5-3(6)1-2-4(7)8;;/h2*5-12,14-16,18H,4,13,19H2,1-3H3,(H,34,35)(H,36,38);3-11,13H,2,14,27H2,1H3,(H,29,30);3-4H,5H2,1-2H3;3-4H,5H2,1-2H3,(H,8,9);1-2H,(H,5,6)(H,7,8);2*1H/b2*9-7+;;2*4-3+;2-1-;;. The summed E-state index contributed by atoms with van der Waals surface area (Å²) in [7, 11) is 15.3. The monoisotopic (exact) mass is 2020 g/mol. The number of anilines is 9. The molecular weight excluding hydrogens is 1920 g/mol. The summed E-state index contributed by atoms with van der Waals surface area (Å²) in [5.74, 6) is -0.942. The van der Waals surface area contributed by atoms with Gasteiger partial charge >= 0.3 is 17.9 Å². The number of nitrogens with zero attached hydrogens (tertiary/aromatic N) is 13. The number of halogens is 6. The summed E-state index contributed by atoms with van der Waals surface area (Å²) in [5.41, 5.74) is 16.4. The first-order chi connectivity index (χ1) is 66.2. The molecule has 0 spiro atoms. The molecule has 10 N–H and O–H groups in total. The third-order valence-corrected chi connectivity index (χ3v) is 18.9. The van der Waals surface area contributed by atoms with Crippen LogP contribution in [0.1, 0.15) is 54.5 Å². The minimum absolute atomic E-state index is 0. The van der Waals surface area contributed by atoms with E-state index in [0.29, 0.717) is 208 Å². The lowest BCUT2D eigenvalue weighted by molar-refractivity contribution is -0.134. The molecular formula is C100H105Cl6N19O15. The summed E-state index contributed by atoms with van der Waals surface area (Å²) in [6.45, 7) is 10.4. The summed E-state index contributed by atoms with van der Waals surface area (Å²) in [4.78, 5) is 98.0. The number of nitrogens with one attached hydrogen (secondary N) is 5. The van der Waals surface area contributed by atoms with Crippen LogP contribution in [0.2, 0.25) is 15.1 Å². The Balaban J connectivity index is 0.000000326. The van der Waals surface area contributed by atoms with Crippen molar-refractivity contribution in [1.29, 1.82) is 15.8 Å². The maximum atomic E-state index is 12.6. The van der Waals surface area contributed by atoms with Gasteiger partial charge in [0.05, 0.1) is 119 Å². The van der Waals surface area contributed by atoms with E-state index in [9.17, 15) is 44.6 Å². The van der Waals surface area contributed by atoms with Gasteiger partial charge in [-0.2, -0.15) is 15.8 Å². The van der Waals surface area contributed by atoms with E-state index in [1.54, 1.807) is 128 Å². The van der Waals surface area contributed by atoms with Crippen LogP contribution < -0.4 is 60.7 Å². The lowest BCUT2D eigenvalue weighted by atomic mass is 10.1. The molecule has 12 aromatic rings. The number of carbonyl (C=O) groups excluding carboxylic acids is 3. The number of hydrogen-bond donors (Lipinski definition) is 9. The average Bonchev–Trinajstić information content (AvgIpc) is 0.785. The highest BCUT2D eigenvalue weighted by molar-refractivity contribution is 6.66. The second-order valence-electron chi connectivity index (χ2n) is 29.8. The summed E-state index contributed by atoms with van der Waals surface area (Å²) in [5, 5.41) is 71.4. The normalized spacial score (nSPS) is 10.7. The van der Waals surface area contributed by atoms with Crippen LogP contribution in [0.15, 0.2) is 244 Å². The number of allylic oxidation sites excluding steroid dienone is 1. The van der Waals surface area contributed by atoms with Gasteiger partial charge in [-0.05, 0) is 204 Å². The van der Waals surface area contributed by atoms with E-state index in [1.165, 1.54) is 36.8 Å². The van der Waals surface area contributed by atoms with Crippen molar-refractivity contribution in [3.63, 3.8) is 0 Å². The van der Waals surface area contributed by atoms with E-state index >= 15 is 0 Å². The number of benzene rings is 6. The van der Waals surface area contributed by atoms with Gasteiger partial charge in [-0.15, -0.1) is 24.8 Å². The number of likely N-dealkylation sites (N-methyl/N-ethyl adjacent to an activating group) is 4. The van der Waals surface area contributed by atoms with Crippen LogP contribution >= 0.6 is 71.2 Å². The maximum Gasteiger partial charge on any atom is 0.328 e. The number of aromatic nitrogens is 6. The molecule has 0 radical (unpaired) electrons. The topological polar surface area (TPSA) is 466 Å². The Bertz CT molecular complexity index is 6180. The Kier molecular flexibility index (Phi) is 50.3. The highest BCUT2D eigenvalue weighted by Gasteiger charge is 2.21. The molecule has 12 rings (SSSR count). The number of nitriles is 3. The zero-order valence-electron chi connectivity index (χ0n) is 78.1. The molecule has 732 valence electrons. The summed E-state index contributed by atoms with van der Waals surface area (Å²) in [6, 6.07) is 49.8. The fourth-order valence-corrected chi connectivity index (χ4v) is 12.5. The first kappa shape index (κ1) is 115. The van der Waals surface area contributed by atoms with Crippen LogP contribution in [0, 0.1) is 34.0 Å². The second kappa shape index (κ2) is 61.1. The Labute approximate surface area is 842 Å². The number of hydrogen-bond acceptors (Lipinski definition) is 29.